The van der Waals surface area contributed by atoms with E-state index in [1.807, 2.05) is 30.3 Å². The van der Waals surface area contributed by atoms with Gasteiger partial charge in [0.05, 0.1) is 5.92 Å². The van der Waals surface area contributed by atoms with Crippen molar-refractivity contribution in [3.8, 4) is 11.8 Å². The predicted molar refractivity (Wildman–Crippen MR) is 87.5 cm³/mol. The number of hydrogen-bond acceptors (Lipinski definition) is 3. The monoisotopic (exact) mass is 313 g/mol. The highest BCUT2D eigenvalue weighted by Gasteiger charge is 2.32. The lowest BCUT2D eigenvalue weighted by molar-refractivity contribution is 0.0573. The third-order valence-corrected chi connectivity index (χ3v) is 4.53. The molecule has 0 spiro atoms. The largest absolute Gasteiger partial charge is 0.445 e. The Morgan fingerprint density at radius 2 is 1.91 bits per heavy atom. The highest BCUT2D eigenvalue weighted by atomic mass is 16.6. The number of nitrogens with zero attached hydrogens (tertiary/aromatic N) is 1. The molecule has 1 heterocycles. The lowest BCUT2D eigenvalue weighted by Crippen LogP contribution is -2.49. The van der Waals surface area contributed by atoms with Crippen LogP contribution in [0.3, 0.4) is 0 Å². The Morgan fingerprint density at radius 1 is 1.22 bits per heavy atom. The molecule has 0 unspecified atom stereocenters. The lowest BCUT2D eigenvalue weighted by atomic mass is 9.85. The molecule has 1 aliphatic carbocycles. The van der Waals surface area contributed by atoms with Crippen LogP contribution in [-0.4, -0.2) is 34.8 Å². The Kier molecular flexibility index (Phi) is 4.88. The predicted octanol–water partition coefficient (Wildman–Crippen LogP) is 2.95. The number of rotatable bonds is 2. The standard InChI is InChI=1S/C19H23NO3/c21-18(23-15-16-7-3-1-4-8-16)20-13-17(14-20)9-12-19(22)10-5-2-6-11-19/h1,3-4,7-8,17,22H,2,5-6,10-11,13-15H2. The third kappa shape index (κ3) is 4.27. The minimum absolute atomic E-state index is 0.158. The molecular formula is C19H23NO3. The number of aliphatic hydroxyl groups is 1. The fourth-order valence-corrected chi connectivity index (χ4v) is 3.03. The van der Waals surface area contributed by atoms with Crippen molar-refractivity contribution in [3.05, 3.63) is 35.9 Å². The summed E-state index contributed by atoms with van der Waals surface area (Å²) in [6, 6.07) is 9.65. The van der Waals surface area contributed by atoms with Crippen molar-refractivity contribution in [1.82, 2.24) is 4.90 Å². The van der Waals surface area contributed by atoms with Crippen molar-refractivity contribution in [2.75, 3.05) is 13.1 Å². The van der Waals surface area contributed by atoms with Crippen LogP contribution in [0.1, 0.15) is 37.7 Å². The number of amides is 1. The molecule has 3 rings (SSSR count). The summed E-state index contributed by atoms with van der Waals surface area (Å²) in [4.78, 5) is 13.6. The van der Waals surface area contributed by atoms with Gasteiger partial charge in [0.1, 0.15) is 12.2 Å². The van der Waals surface area contributed by atoms with Gasteiger partial charge in [-0.05, 0) is 31.2 Å². The Hall–Kier alpha value is -1.99. The molecule has 1 aromatic rings. The molecule has 1 amide bonds. The molecule has 1 N–H and O–H groups in total. The number of carbonyl (C=O) groups is 1. The number of likely N-dealkylation sites (tertiary alicyclic amines) is 1. The molecule has 4 heteroatoms. The molecule has 0 bridgehead atoms. The molecule has 0 aromatic heterocycles. The van der Waals surface area contributed by atoms with E-state index < -0.39 is 5.60 Å². The Labute approximate surface area is 137 Å². The van der Waals surface area contributed by atoms with Crippen LogP contribution in [0.4, 0.5) is 4.79 Å². The molecule has 2 aliphatic rings. The van der Waals surface area contributed by atoms with Crippen LogP contribution < -0.4 is 0 Å². The Bertz CT molecular complexity index is 590. The van der Waals surface area contributed by atoms with Crippen LogP contribution in [0.25, 0.3) is 0 Å². The summed E-state index contributed by atoms with van der Waals surface area (Å²) in [5.74, 6) is 6.34. The van der Waals surface area contributed by atoms with E-state index in [0.717, 1.165) is 31.2 Å². The van der Waals surface area contributed by atoms with Gasteiger partial charge in [0, 0.05) is 13.1 Å². The smallest absolute Gasteiger partial charge is 0.410 e. The molecule has 1 saturated heterocycles. The zero-order valence-electron chi connectivity index (χ0n) is 13.3. The van der Waals surface area contributed by atoms with Gasteiger partial charge in [-0.15, -0.1) is 0 Å². The highest BCUT2D eigenvalue weighted by Crippen LogP contribution is 2.27. The maximum atomic E-state index is 11.9. The molecule has 2 fully saturated rings. The van der Waals surface area contributed by atoms with Crippen molar-refractivity contribution in [1.29, 1.82) is 0 Å². The third-order valence-electron chi connectivity index (χ3n) is 4.53. The van der Waals surface area contributed by atoms with Crippen molar-refractivity contribution in [2.45, 2.75) is 44.3 Å². The SMILES string of the molecule is O=C(OCc1ccccc1)N1CC(C#CC2(O)CCCCC2)C1. The van der Waals surface area contributed by atoms with Crippen LogP contribution in [0, 0.1) is 17.8 Å². The van der Waals surface area contributed by atoms with Crippen LogP contribution >= 0.6 is 0 Å². The van der Waals surface area contributed by atoms with E-state index in [4.69, 9.17) is 4.74 Å². The first kappa shape index (κ1) is 15.9. The zero-order valence-corrected chi connectivity index (χ0v) is 13.3. The van der Waals surface area contributed by atoms with Crippen molar-refractivity contribution >= 4 is 6.09 Å². The van der Waals surface area contributed by atoms with Gasteiger partial charge in [-0.2, -0.15) is 0 Å². The lowest BCUT2D eigenvalue weighted by Gasteiger charge is -2.35. The van der Waals surface area contributed by atoms with Crippen molar-refractivity contribution in [2.24, 2.45) is 5.92 Å². The van der Waals surface area contributed by atoms with E-state index in [9.17, 15) is 9.90 Å². The van der Waals surface area contributed by atoms with E-state index in [1.54, 1.807) is 4.90 Å². The van der Waals surface area contributed by atoms with Crippen LogP contribution in [-0.2, 0) is 11.3 Å². The second kappa shape index (κ2) is 7.06. The summed E-state index contributed by atoms with van der Waals surface area (Å²) in [5.41, 5.74) is 0.184. The van der Waals surface area contributed by atoms with Gasteiger partial charge in [-0.3, -0.25) is 0 Å². The Balaban J connectivity index is 1.41. The topological polar surface area (TPSA) is 49.8 Å². The second-order valence-electron chi connectivity index (χ2n) is 6.50. The Morgan fingerprint density at radius 3 is 2.61 bits per heavy atom. The molecule has 1 saturated carbocycles. The van der Waals surface area contributed by atoms with E-state index >= 15 is 0 Å². The fraction of sp³-hybridized carbons (Fsp3) is 0.526. The second-order valence-corrected chi connectivity index (χ2v) is 6.50. The molecule has 1 aliphatic heterocycles. The molecule has 0 atom stereocenters. The first-order valence-corrected chi connectivity index (χ1v) is 8.35. The summed E-state index contributed by atoms with van der Waals surface area (Å²) in [7, 11) is 0. The normalized spacial score (nSPS) is 20.1. The summed E-state index contributed by atoms with van der Waals surface area (Å²) in [6.07, 6.45) is 4.55. The van der Waals surface area contributed by atoms with Gasteiger partial charge in [0.15, 0.2) is 0 Å². The van der Waals surface area contributed by atoms with Gasteiger partial charge in [-0.25, -0.2) is 4.79 Å². The molecule has 4 nitrogen and oxygen atoms in total. The number of ether oxygens (including phenoxy) is 1. The minimum Gasteiger partial charge on any atom is -0.445 e. The van der Waals surface area contributed by atoms with E-state index in [-0.39, 0.29) is 12.0 Å². The molecule has 23 heavy (non-hydrogen) atoms. The van der Waals surface area contributed by atoms with Crippen LogP contribution in [0.2, 0.25) is 0 Å². The number of benzene rings is 1. The zero-order chi connectivity index (χ0) is 16.1. The van der Waals surface area contributed by atoms with E-state index in [0.29, 0.717) is 19.7 Å². The molecule has 122 valence electrons. The summed E-state index contributed by atoms with van der Waals surface area (Å²) in [5, 5.41) is 10.3. The molecular weight excluding hydrogens is 290 g/mol. The molecule has 1 aromatic carbocycles. The van der Waals surface area contributed by atoms with Gasteiger partial charge in [0.2, 0.25) is 0 Å². The average Bonchev–Trinajstić information content (AvgIpc) is 2.53. The van der Waals surface area contributed by atoms with Crippen molar-refractivity contribution in [3.63, 3.8) is 0 Å². The summed E-state index contributed by atoms with van der Waals surface area (Å²) >= 11 is 0. The van der Waals surface area contributed by atoms with Crippen LogP contribution in [0.15, 0.2) is 30.3 Å². The van der Waals surface area contributed by atoms with Gasteiger partial charge in [-0.1, -0.05) is 48.6 Å². The van der Waals surface area contributed by atoms with Gasteiger partial charge < -0.3 is 14.7 Å². The van der Waals surface area contributed by atoms with Gasteiger partial charge >= 0.3 is 6.09 Å². The maximum Gasteiger partial charge on any atom is 0.410 e. The van der Waals surface area contributed by atoms with Gasteiger partial charge in [0.25, 0.3) is 0 Å². The van der Waals surface area contributed by atoms with E-state index in [2.05, 4.69) is 11.8 Å². The maximum absolute atomic E-state index is 11.9. The number of hydrogen-bond donors (Lipinski definition) is 1. The summed E-state index contributed by atoms with van der Waals surface area (Å²) in [6.45, 7) is 1.49. The first-order valence-electron chi connectivity index (χ1n) is 8.35. The van der Waals surface area contributed by atoms with Crippen LogP contribution in [0.5, 0.6) is 0 Å². The minimum atomic E-state index is -0.799. The molecule has 0 radical (unpaired) electrons. The average molecular weight is 313 g/mol. The fourth-order valence-electron chi connectivity index (χ4n) is 3.03. The highest BCUT2D eigenvalue weighted by molar-refractivity contribution is 5.69. The number of carbonyl (C=O) groups excluding carboxylic acids is 1. The quantitative estimate of drug-likeness (QED) is 0.854. The van der Waals surface area contributed by atoms with Crippen molar-refractivity contribution < 1.29 is 14.6 Å². The summed E-state index contributed by atoms with van der Waals surface area (Å²) < 4.78 is 5.28. The first-order chi connectivity index (χ1) is 11.1. The van der Waals surface area contributed by atoms with E-state index in [1.165, 1.54) is 6.42 Å².